The van der Waals surface area contributed by atoms with E-state index in [0.717, 1.165) is 88.4 Å². The molecule has 0 aliphatic heterocycles. The van der Waals surface area contributed by atoms with Gasteiger partial charge in [-0.05, 0) is 74.8 Å². The first-order chi connectivity index (χ1) is 33.7. The molecule has 0 saturated carbocycles. The van der Waals surface area contributed by atoms with Gasteiger partial charge in [0.1, 0.15) is 0 Å². The van der Waals surface area contributed by atoms with Gasteiger partial charge in [0.05, 0.1) is 22.1 Å². The third-order valence-corrected chi connectivity index (χ3v) is 13.2. The Bertz CT molecular complexity index is 3710. The van der Waals surface area contributed by atoms with Gasteiger partial charge in [0.15, 0.2) is 11.6 Å². The maximum absolute atomic E-state index is 5.41. The van der Waals surface area contributed by atoms with Gasteiger partial charge in [-0.2, -0.15) is 9.97 Å². The first-order valence-electron chi connectivity index (χ1n) is 23.0. The average Bonchev–Trinajstić information content (AvgIpc) is 3.95. The molecule has 68 heavy (non-hydrogen) atoms. The Morgan fingerprint density at radius 1 is 0.235 bits per heavy atom. The van der Waals surface area contributed by atoms with Gasteiger partial charge >= 0.3 is 0 Å². The molecule has 3 aromatic heterocycles. The van der Waals surface area contributed by atoms with Crippen molar-refractivity contribution in [1.29, 1.82) is 0 Å². The first kappa shape index (κ1) is 39.2. The zero-order valence-electron chi connectivity index (χ0n) is 36.9. The highest BCUT2D eigenvalue weighted by atomic mass is 15.2. The van der Waals surface area contributed by atoms with Crippen LogP contribution in [0.25, 0.3) is 123 Å². The standard InChI is InChI=1S/C63H41N5/c1-5-17-42(18-6-1)45-29-31-47(32-30-45)51-39-50(44-21-9-3-10-22-44)40-52(41-51)67-57-27-15-13-25-53(57)55-37-38-56-54-26-14-16-28-58(54)68(60(56)59(55)67)63-65-61(48-23-11-4-12-24-48)64-62(66-63)49-35-33-46(34-36-49)43-19-7-2-8-20-43/h1-41H. The van der Waals surface area contributed by atoms with Gasteiger partial charge in [0.2, 0.25) is 5.95 Å². The highest BCUT2D eigenvalue weighted by Crippen LogP contribution is 2.43. The second-order valence-electron chi connectivity index (χ2n) is 17.2. The highest BCUT2D eigenvalue weighted by Gasteiger charge is 2.24. The number of hydrogen-bond donors (Lipinski definition) is 0. The van der Waals surface area contributed by atoms with E-state index in [2.05, 4.69) is 234 Å². The molecule has 0 N–H and O–H groups in total. The van der Waals surface area contributed by atoms with Gasteiger partial charge in [0, 0.05) is 38.4 Å². The minimum Gasteiger partial charge on any atom is -0.307 e. The molecule has 5 nitrogen and oxygen atoms in total. The van der Waals surface area contributed by atoms with E-state index >= 15 is 0 Å². The van der Waals surface area contributed by atoms with Crippen LogP contribution in [0.15, 0.2) is 249 Å². The molecule has 0 aliphatic rings. The summed E-state index contributed by atoms with van der Waals surface area (Å²) in [4.78, 5) is 15.9. The normalized spacial score (nSPS) is 11.5. The van der Waals surface area contributed by atoms with Crippen molar-refractivity contribution in [2.45, 2.75) is 0 Å². The van der Waals surface area contributed by atoms with Crippen LogP contribution in [0.4, 0.5) is 0 Å². The maximum Gasteiger partial charge on any atom is 0.238 e. The molecule has 0 aliphatic carbocycles. The van der Waals surface area contributed by atoms with Gasteiger partial charge in [-0.3, -0.25) is 4.57 Å². The van der Waals surface area contributed by atoms with Crippen molar-refractivity contribution in [3.8, 4) is 78.9 Å². The third-order valence-electron chi connectivity index (χ3n) is 13.2. The summed E-state index contributed by atoms with van der Waals surface area (Å²) in [6.07, 6.45) is 0. The Kier molecular flexibility index (Phi) is 9.43. The molecular weight excluding hydrogens is 827 g/mol. The van der Waals surface area contributed by atoms with Gasteiger partial charge in [-0.15, -0.1) is 0 Å². The number of hydrogen-bond acceptors (Lipinski definition) is 3. The molecule has 5 heteroatoms. The Morgan fingerprint density at radius 3 is 1.06 bits per heavy atom. The molecular formula is C63H41N5. The van der Waals surface area contributed by atoms with Crippen LogP contribution in [0.5, 0.6) is 0 Å². The molecule has 0 radical (unpaired) electrons. The monoisotopic (exact) mass is 867 g/mol. The van der Waals surface area contributed by atoms with E-state index in [9.17, 15) is 0 Å². The van der Waals surface area contributed by atoms with Crippen LogP contribution in [0, 0.1) is 0 Å². The fraction of sp³-hybridized carbons (Fsp3) is 0. The zero-order valence-corrected chi connectivity index (χ0v) is 36.9. The van der Waals surface area contributed by atoms with E-state index in [1.54, 1.807) is 0 Å². The van der Waals surface area contributed by atoms with Gasteiger partial charge < -0.3 is 4.57 Å². The first-order valence-corrected chi connectivity index (χ1v) is 23.0. The van der Waals surface area contributed by atoms with E-state index < -0.39 is 0 Å². The number of fused-ring (bicyclic) bond motifs is 7. The van der Waals surface area contributed by atoms with Gasteiger partial charge in [-0.1, -0.05) is 218 Å². The molecule has 3 heterocycles. The van der Waals surface area contributed by atoms with Crippen molar-refractivity contribution in [3.05, 3.63) is 249 Å². The van der Waals surface area contributed by atoms with E-state index in [4.69, 9.17) is 15.0 Å². The fourth-order valence-corrected chi connectivity index (χ4v) is 9.92. The number of nitrogens with zero attached hydrogens (tertiary/aromatic N) is 5. The summed E-state index contributed by atoms with van der Waals surface area (Å²) in [6.45, 7) is 0. The molecule has 0 amide bonds. The van der Waals surface area contributed by atoms with Crippen LogP contribution in [0.2, 0.25) is 0 Å². The summed E-state index contributed by atoms with van der Waals surface area (Å²) >= 11 is 0. The molecule has 0 saturated heterocycles. The quantitative estimate of drug-likeness (QED) is 0.153. The Hall–Kier alpha value is -9.19. The summed E-state index contributed by atoms with van der Waals surface area (Å²) in [6, 6.07) is 88.3. The molecule has 0 bridgehead atoms. The predicted molar refractivity (Wildman–Crippen MR) is 281 cm³/mol. The van der Waals surface area contributed by atoms with Crippen molar-refractivity contribution in [3.63, 3.8) is 0 Å². The molecule has 0 spiro atoms. The predicted octanol–water partition coefficient (Wildman–Crippen LogP) is 16.1. The van der Waals surface area contributed by atoms with Crippen molar-refractivity contribution in [2.24, 2.45) is 0 Å². The molecule has 0 atom stereocenters. The smallest absolute Gasteiger partial charge is 0.238 e. The van der Waals surface area contributed by atoms with Crippen molar-refractivity contribution >= 4 is 43.6 Å². The van der Waals surface area contributed by atoms with E-state index in [1.807, 2.05) is 24.3 Å². The number of benzene rings is 10. The number of rotatable bonds is 8. The molecule has 318 valence electrons. The lowest BCUT2D eigenvalue weighted by molar-refractivity contribution is 0.953. The summed E-state index contributed by atoms with van der Waals surface area (Å²) < 4.78 is 4.72. The second-order valence-corrected chi connectivity index (χ2v) is 17.2. The largest absolute Gasteiger partial charge is 0.307 e. The second kappa shape index (κ2) is 16.4. The molecule has 0 unspecified atom stereocenters. The van der Waals surface area contributed by atoms with Crippen LogP contribution in [-0.4, -0.2) is 24.1 Å². The van der Waals surface area contributed by atoms with E-state index in [-0.39, 0.29) is 0 Å². The van der Waals surface area contributed by atoms with E-state index in [1.165, 1.54) is 16.5 Å². The fourth-order valence-electron chi connectivity index (χ4n) is 9.92. The SMILES string of the molecule is c1ccc(-c2ccc(-c3cc(-c4ccccc4)cc(-n4c5ccccc5c5ccc6c7ccccc7n(-c7nc(-c8ccccc8)nc(-c8ccc(-c9ccccc9)cc8)n7)c6c54)c3)cc2)cc1. The topological polar surface area (TPSA) is 48.5 Å². The highest BCUT2D eigenvalue weighted by molar-refractivity contribution is 6.23. The maximum atomic E-state index is 5.41. The van der Waals surface area contributed by atoms with Crippen LogP contribution in [-0.2, 0) is 0 Å². The zero-order chi connectivity index (χ0) is 45.0. The van der Waals surface area contributed by atoms with Gasteiger partial charge in [-0.25, -0.2) is 4.98 Å². The van der Waals surface area contributed by atoms with Gasteiger partial charge in [0.25, 0.3) is 0 Å². The molecule has 0 fully saturated rings. The lowest BCUT2D eigenvalue weighted by atomic mass is 9.96. The Balaban J connectivity index is 1.09. The molecule has 13 aromatic rings. The van der Waals surface area contributed by atoms with E-state index in [0.29, 0.717) is 17.6 Å². The summed E-state index contributed by atoms with van der Waals surface area (Å²) in [5.41, 5.74) is 16.4. The Morgan fingerprint density at radius 2 is 0.574 bits per heavy atom. The lowest BCUT2D eigenvalue weighted by Crippen LogP contribution is -2.07. The number of aromatic nitrogens is 5. The van der Waals surface area contributed by atoms with Crippen molar-refractivity contribution in [2.75, 3.05) is 0 Å². The van der Waals surface area contributed by atoms with Crippen molar-refractivity contribution in [1.82, 2.24) is 24.1 Å². The van der Waals surface area contributed by atoms with Crippen molar-refractivity contribution < 1.29 is 0 Å². The lowest BCUT2D eigenvalue weighted by Gasteiger charge is -2.16. The van der Waals surface area contributed by atoms with Crippen LogP contribution < -0.4 is 0 Å². The van der Waals surface area contributed by atoms with Crippen LogP contribution in [0.3, 0.4) is 0 Å². The average molecular weight is 868 g/mol. The summed E-state index contributed by atoms with van der Waals surface area (Å²) in [7, 11) is 0. The van der Waals surface area contributed by atoms with Crippen LogP contribution in [0.1, 0.15) is 0 Å². The molecule has 13 rings (SSSR count). The summed E-state index contributed by atoms with van der Waals surface area (Å²) in [5, 5.41) is 4.54. The Labute approximate surface area is 393 Å². The number of para-hydroxylation sites is 2. The molecule has 10 aromatic carbocycles. The minimum absolute atomic E-state index is 0.550. The third kappa shape index (κ3) is 6.76. The summed E-state index contributed by atoms with van der Waals surface area (Å²) in [5.74, 6) is 1.76. The van der Waals surface area contributed by atoms with Crippen LogP contribution >= 0.6 is 0 Å². The minimum atomic E-state index is 0.550.